The largest absolute Gasteiger partial charge is 0.335 e. The van der Waals surface area contributed by atoms with Crippen molar-refractivity contribution in [1.82, 2.24) is 10.6 Å². The number of nitrogens with zero attached hydrogens (tertiary/aromatic N) is 1. The van der Waals surface area contributed by atoms with E-state index in [2.05, 4.69) is 17.2 Å². The first-order chi connectivity index (χ1) is 9.20. The lowest BCUT2D eigenvalue weighted by Crippen LogP contribution is -2.43. The lowest BCUT2D eigenvalue weighted by Gasteiger charge is -2.17. The molecule has 2 N–H and O–H groups in total. The molecule has 1 heterocycles. The van der Waals surface area contributed by atoms with Crippen molar-refractivity contribution >= 4 is 17.6 Å². The molecule has 3 amide bonds. The predicted molar refractivity (Wildman–Crippen MR) is 73.9 cm³/mol. The molecule has 1 aromatic carbocycles. The number of nitrogens with one attached hydrogen (secondary N) is 2. The highest BCUT2D eigenvalue weighted by Gasteiger charge is 2.31. The molecule has 0 unspecified atom stereocenters. The van der Waals surface area contributed by atoms with Gasteiger partial charge in [-0.05, 0) is 12.1 Å². The average molecular weight is 259 g/mol. The first kappa shape index (κ1) is 13.1. The average Bonchev–Trinajstić information content (AvgIpc) is 2.78. The molecule has 1 aliphatic heterocycles. The highest BCUT2D eigenvalue weighted by Crippen LogP contribution is 2.20. The van der Waals surface area contributed by atoms with Crippen LogP contribution in [0.5, 0.6) is 0 Å². The van der Waals surface area contributed by atoms with Crippen LogP contribution in [0.1, 0.15) is 6.42 Å². The Morgan fingerprint density at radius 1 is 1.42 bits per heavy atom. The molecular weight excluding hydrogens is 242 g/mol. The molecule has 2 rings (SSSR count). The van der Waals surface area contributed by atoms with Gasteiger partial charge in [0.05, 0.1) is 6.04 Å². The second kappa shape index (κ2) is 6.04. The van der Waals surface area contributed by atoms with Crippen LogP contribution >= 0.6 is 0 Å². The second-order valence-electron chi connectivity index (χ2n) is 4.38. The summed E-state index contributed by atoms with van der Waals surface area (Å²) >= 11 is 0. The van der Waals surface area contributed by atoms with Gasteiger partial charge >= 0.3 is 6.03 Å². The maximum Gasteiger partial charge on any atom is 0.315 e. The first-order valence-electron chi connectivity index (χ1n) is 6.21. The number of hydrogen-bond acceptors (Lipinski definition) is 2. The van der Waals surface area contributed by atoms with Gasteiger partial charge in [-0.25, -0.2) is 4.79 Å². The van der Waals surface area contributed by atoms with Crippen LogP contribution in [0.25, 0.3) is 0 Å². The fourth-order valence-electron chi connectivity index (χ4n) is 2.06. The zero-order valence-electron chi connectivity index (χ0n) is 10.6. The van der Waals surface area contributed by atoms with Crippen molar-refractivity contribution < 1.29 is 9.59 Å². The normalized spacial score (nSPS) is 18.2. The predicted octanol–water partition coefficient (Wildman–Crippen LogP) is 1.28. The fraction of sp³-hybridized carbons (Fsp3) is 0.286. The van der Waals surface area contributed by atoms with E-state index in [9.17, 15) is 9.59 Å². The molecule has 0 aromatic heterocycles. The summed E-state index contributed by atoms with van der Waals surface area (Å²) in [6.45, 7) is 4.44. The third kappa shape index (κ3) is 3.34. The molecule has 0 radical (unpaired) electrons. The number of para-hydroxylation sites is 1. The Kier molecular flexibility index (Phi) is 4.18. The number of hydrogen-bond donors (Lipinski definition) is 2. The van der Waals surface area contributed by atoms with Crippen molar-refractivity contribution in [2.75, 3.05) is 18.0 Å². The summed E-state index contributed by atoms with van der Waals surface area (Å²) < 4.78 is 0. The Bertz CT molecular complexity index is 473. The number of urea groups is 1. The molecule has 1 saturated heterocycles. The number of amides is 3. The lowest BCUT2D eigenvalue weighted by atomic mass is 10.2. The van der Waals surface area contributed by atoms with Crippen molar-refractivity contribution in [2.24, 2.45) is 0 Å². The van der Waals surface area contributed by atoms with Crippen molar-refractivity contribution in [3.05, 3.63) is 43.0 Å². The quantitative estimate of drug-likeness (QED) is 0.800. The van der Waals surface area contributed by atoms with Crippen molar-refractivity contribution in [1.29, 1.82) is 0 Å². The van der Waals surface area contributed by atoms with Crippen molar-refractivity contribution in [2.45, 2.75) is 12.5 Å². The van der Waals surface area contributed by atoms with Gasteiger partial charge in [-0.15, -0.1) is 6.58 Å². The molecule has 1 atom stereocenters. The molecule has 0 aliphatic carbocycles. The third-order valence-corrected chi connectivity index (χ3v) is 2.94. The summed E-state index contributed by atoms with van der Waals surface area (Å²) in [5.74, 6) is 0.0280. The maximum absolute atomic E-state index is 11.9. The molecule has 0 bridgehead atoms. The molecule has 0 spiro atoms. The smallest absolute Gasteiger partial charge is 0.315 e. The third-order valence-electron chi connectivity index (χ3n) is 2.94. The van der Waals surface area contributed by atoms with Crippen LogP contribution < -0.4 is 15.5 Å². The SMILES string of the molecule is C=CCNC(=O)N[C@H]1CC(=O)N(c2ccccc2)C1. The standard InChI is InChI=1S/C14H17N3O2/c1-2-8-15-14(19)16-11-9-13(18)17(10-11)12-6-4-3-5-7-12/h2-7,11H,1,8-10H2,(H2,15,16,19)/t11-/m0/s1. The van der Waals surface area contributed by atoms with E-state index in [4.69, 9.17) is 0 Å². The monoisotopic (exact) mass is 259 g/mol. The zero-order valence-corrected chi connectivity index (χ0v) is 10.6. The molecule has 5 nitrogen and oxygen atoms in total. The van der Waals surface area contributed by atoms with Crippen LogP contribution in [0.3, 0.4) is 0 Å². The van der Waals surface area contributed by atoms with Crippen LogP contribution in [0.15, 0.2) is 43.0 Å². The topological polar surface area (TPSA) is 61.4 Å². The van der Waals surface area contributed by atoms with E-state index in [-0.39, 0.29) is 18.0 Å². The van der Waals surface area contributed by atoms with Crippen LogP contribution in [-0.4, -0.2) is 31.1 Å². The Balaban J connectivity index is 1.92. The minimum absolute atomic E-state index is 0.0280. The van der Waals surface area contributed by atoms with Gasteiger partial charge in [0, 0.05) is 25.2 Å². The van der Waals surface area contributed by atoms with E-state index in [0.29, 0.717) is 19.5 Å². The van der Waals surface area contributed by atoms with E-state index >= 15 is 0 Å². The van der Waals surface area contributed by atoms with Gasteiger partial charge < -0.3 is 15.5 Å². The molecule has 5 heteroatoms. The van der Waals surface area contributed by atoms with E-state index in [0.717, 1.165) is 5.69 Å². The van der Waals surface area contributed by atoms with Crippen LogP contribution in [0.2, 0.25) is 0 Å². The van der Waals surface area contributed by atoms with Gasteiger partial charge in [-0.3, -0.25) is 4.79 Å². The van der Waals surface area contributed by atoms with E-state index in [1.54, 1.807) is 11.0 Å². The van der Waals surface area contributed by atoms with Crippen LogP contribution in [-0.2, 0) is 4.79 Å². The summed E-state index contributed by atoms with van der Waals surface area (Å²) in [6, 6.07) is 9.03. The van der Waals surface area contributed by atoms with Crippen LogP contribution in [0, 0.1) is 0 Å². The van der Waals surface area contributed by atoms with E-state index in [1.807, 2.05) is 30.3 Å². The highest BCUT2D eigenvalue weighted by atomic mass is 16.2. The molecule has 19 heavy (non-hydrogen) atoms. The van der Waals surface area contributed by atoms with Crippen molar-refractivity contribution in [3.63, 3.8) is 0 Å². The summed E-state index contributed by atoms with van der Waals surface area (Å²) in [4.78, 5) is 25.1. The number of anilines is 1. The van der Waals surface area contributed by atoms with Gasteiger partial charge in [0.15, 0.2) is 0 Å². The molecule has 1 fully saturated rings. The summed E-state index contributed by atoms with van der Waals surface area (Å²) in [5.41, 5.74) is 0.864. The molecule has 100 valence electrons. The number of rotatable bonds is 4. The van der Waals surface area contributed by atoms with Gasteiger partial charge in [-0.1, -0.05) is 24.3 Å². The van der Waals surface area contributed by atoms with Gasteiger partial charge in [0.25, 0.3) is 0 Å². The maximum atomic E-state index is 11.9. The minimum atomic E-state index is -0.271. The summed E-state index contributed by atoms with van der Waals surface area (Å²) in [7, 11) is 0. The molecular formula is C14H17N3O2. The minimum Gasteiger partial charge on any atom is -0.335 e. The Morgan fingerprint density at radius 2 is 2.16 bits per heavy atom. The second-order valence-corrected chi connectivity index (χ2v) is 4.38. The molecule has 0 saturated carbocycles. The Labute approximate surface area is 112 Å². The van der Waals surface area contributed by atoms with Gasteiger partial charge in [0.2, 0.25) is 5.91 Å². The van der Waals surface area contributed by atoms with Crippen LogP contribution in [0.4, 0.5) is 10.5 Å². The summed E-state index contributed by atoms with van der Waals surface area (Å²) in [5, 5.41) is 5.41. The Hall–Kier alpha value is -2.30. The molecule has 1 aliphatic rings. The van der Waals surface area contributed by atoms with Crippen molar-refractivity contribution in [3.8, 4) is 0 Å². The van der Waals surface area contributed by atoms with E-state index < -0.39 is 0 Å². The van der Waals surface area contributed by atoms with Gasteiger partial charge in [-0.2, -0.15) is 0 Å². The summed E-state index contributed by atoms with van der Waals surface area (Å²) in [6.07, 6.45) is 1.94. The number of carbonyl (C=O) groups excluding carboxylic acids is 2. The Morgan fingerprint density at radius 3 is 2.84 bits per heavy atom. The number of carbonyl (C=O) groups is 2. The van der Waals surface area contributed by atoms with E-state index in [1.165, 1.54) is 0 Å². The van der Waals surface area contributed by atoms with Gasteiger partial charge in [0.1, 0.15) is 0 Å². The fourth-order valence-corrected chi connectivity index (χ4v) is 2.06. The number of benzene rings is 1. The zero-order chi connectivity index (χ0) is 13.7. The first-order valence-corrected chi connectivity index (χ1v) is 6.21. The molecule has 1 aromatic rings. The lowest BCUT2D eigenvalue weighted by molar-refractivity contribution is -0.117. The highest BCUT2D eigenvalue weighted by molar-refractivity contribution is 5.96.